The maximum absolute atomic E-state index is 13.5. The maximum Gasteiger partial charge on any atom is 0.451 e. The van der Waals surface area contributed by atoms with E-state index in [0.29, 0.717) is 17.4 Å². The molecular formula is C17H13F4N3O. The number of aromatic nitrogens is 3. The van der Waals surface area contributed by atoms with Gasteiger partial charge < -0.3 is 4.57 Å². The number of ketones is 1. The van der Waals surface area contributed by atoms with Crippen LogP contribution in [0.15, 0.2) is 36.7 Å². The molecule has 0 aliphatic heterocycles. The third kappa shape index (κ3) is 3.38. The van der Waals surface area contributed by atoms with Gasteiger partial charge in [0.1, 0.15) is 5.82 Å². The lowest BCUT2D eigenvalue weighted by Crippen LogP contribution is -2.13. The van der Waals surface area contributed by atoms with Crippen molar-refractivity contribution in [1.82, 2.24) is 14.5 Å². The highest BCUT2D eigenvalue weighted by Crippen LogP contribution is 2.27. The molecule has 3 rings (SSSR count). The van der Waals surface area contributed by atoms with E-state index in [4.69, 9.17) is 0 Å². The van der Waals surface area contributed by atoms with E-state index < -0.39 is 23.6 Å². The third-order valence-electron chi connectivity index (χ3n) is 3.79. The molecule has 0 saturated carbocycles. The van der Waals surface area contributed by atoms with Gasteiger partial charge in [0.15, 0.2) is 5.78 Å². The number of benzene rings is 1. The number of carbonyl (C=O) groups is 1. The van der Waals surface area contributed by atoms with E-state index in [1.54, 1.807) is 16.8 Å². The van der Waals surface area contributed by atoms with Crippen molar-refractivity contribution >= 4 is 16.7 Å². The first-order valence-corrected chi connectivity index (χ1v) is 7.50. The van der Waals surface area contributed by atoms with Crippen molar-refractivity contribution in [1.29, 1.82) is 0 Å². The second kappa shape index (κ2) is 6.27. The Morgan fingerprint density at radius 2 is 2.00 bits per heavy atom. The Morgan fingerprint density at radius 1 is 1.24 bits per heavy atom. The molecule has 2 heterocycles. The summed E-state index contributed by atoms with van der Waals surface area (Å²) in [6.07, 6.45) is -2.46. The minimum atomic E-state index is -4.68. The highest BCUT2D eigenvalue weighted by Gasteiger charge is 2.34. The normalized spacial score (nSPS) is 11.9. The number of hydrogen-bond acceptors (Lipinski definition) is 3. The molecule has 0 fully saturated rings. The number of nitrogens with zero attached hydrogens (tertiary/aromatic N) is 3. The van der Waals surface area contributed by atoms with Crippen LogP contribution in [0.4, 0.5) is 17.6 Å². The molecule has 2 aromatic heterocycles. The summed E-state index contributed by atoms with van der Waals surface area (Å²) in [6.45, 7) is 2.44. The molecule has 3 aromatic rings. The van der Waals surface area contributed by atoms with Crippen LogP contribution in [0.2, 0.25) is 0 Å². The monoisotopic (exact) mass is 351 g/mol. The van der Waals surface area contributed by atoms with Crippen LogP contribution in [0, 0.1) is 5.82 Å². The maximum atomic E-state index is 13.5. The highest BCUT2D eigenvalue weighted by atomic mass is 19.4. The summed E-state index contributed by atoms with van der Waals surface area (Å²) in [5.41, 5.74) is 0.899. The average molecular weight is 351 g/mol. The van der Waals surface area contributed by atoms with Crippen molar-refractivity contribution in [2.24, 2.45) is 0 Å². The number of hydrogen-bond donors (Lipinski definition) is 0. The van der Waals surface area contributed by atoms with E-state index in [2.05, 4.69) is 9.97 Å². The lowest BCUT2D eigenvalue weighted by Gasteiger charge is -2.06. The Morgan fingerprint density at radius 3 is 2.68 bits per heavy atom. The number of carbonyl (C=O) groups excluding carboxylic acids is 1. The fraction of sp³-hybridized carbons (Fsp3) is 0.235. The van der Waals surface area contributed by atoms with E-state index in [1.807, 2.05) is 6.92 Å². The van der Waals surface area contributed by atoms with E-state index in [0.717, 1.165) is 6.20 Å². The first kappa shape index (κ1) is 17.1. The van der Waals surface area contributed by atoms with Gasteiger partial charge in [-0.1, -0.05) is 0 Å². The molecule has 0 aliphatic rings. The molecule has 0 unspecified atom stereocenters. The first-order valence-electron chi connectivity index (χ1n) is 7.50. The Kier molecular flexibility index (Phi) is 4.28. The molecule has 25 heavy (non-hydrogen) atoms. The number of halogens is 4. The molecule has 130 valence electrons. The summed E-state index contributed by atoms with van der Waals surface area (Å²) in [7, 11) is 0. The van der Waals surface area contributed by atoms with Crippen LogP contribution in [-0.2, 0) is 19.1 Å². The third-order valence-corrected chi connectivity index (χ3v) is 3.79. The Labute approximate surface area is 140 Å². The van der Waals surface area contributed by atoms with Crippen LogP contribution in [0.1, 0.15) is 28.8 Å². The van der Waals surface area contributed by atoms with Crippen molar-refractivity contribution in [3.8, 4) is 0 Å². The van der Waals surface area contributed by atoms with Crippen LogP contribution in [0.3, 0.4) is 0 Å². The van der Waals surface area contributed by atoms with Gasteiger partial charge >= 0.3 is 6.18 Å². The predicted molar refractivity (Wildman–Crippen MR) is 82.6 cm³/mol. The minimum Gasteiger partial charge on any atom is -0.347 e. The van der Waals surface area contributed by atoms with Crippen molar-refractivity contribution in [3.63, 3.8) is 0 Å². The Bertz CT molecular complexity index is 947. The number of alkyl halides is 3. The van der Waals surface area contributed by atoms with Gasteiger partial charge in [0.05, 0.1) is 12.1 Å². The summed E-state index contributed by atoms with van der Waals surface area (Å²) in [4.78, 5) is 19.1. The molecule has 0 saturated heterocycles. The van der Waals surface area contributed by atoms with Crippen LogP contribution >= 0.6 is 0 Å². The zero-order valence-electron chi connectivity index (χ0n) is 13.1. The summed E-state index contributed by atoms with van der Waals surface area (Å²) in [6, 6.07) is 5.36. The number of fused-ring (bicyclic) bond motifs is 1. The van der Waals surface area contributed by atoms with Crippen molar-refractivity contribution in [2.45, 2.75) is 26.1 Å². The minimum absolute atomic E-state index is 0.0406. The number of rotatable bonds is 4. The zero-order valence-corrected chi connectivity index (χ0v) is 13.1. The highest BCUT2D eigenvalue weighted by molar-refractivity contribution is 6.08. The fourth-order valence-corrected chi connectivity index (χ4v) is 2.64. The largest absolute Gasteiger partial charge is 0.451 e. The number of aryl methyl sites for hydroxylation is 1. The van der Waals surface area contributed by atoms with Crippen LogP contribution < -0.4 is 0 Å². The molecule has 0 radical (unpaired) electrons. The van der Waals surface area contributed by atoms with E-state index in [1.165, 1.54) is 18.2 Å². The number of Topliss-reactive ketones (excluding diaryl/α,β-unsaturated/α-hetero) is 1. The fourth-order valence-electron chi connectivity index (χ4n) is 2.64. The van der Waals surface area contributed by atoms with Crippen LogP contribution in [0.25, 0.3) is 10.9 Å². The summed E-state index contributed by atoms with van der Waals surface area (Å²) in [5.74, 6) is -2.22. The molecule has 0 bridgehead atoms. The van der Waals surface area contributed by atoms with E-state index in [-0.39, 0.29) is 17.7 Å². The van der Waals surface area contributed by atoms with Gasteiger partial charge in [-0.05, 0) is 31.2 Å². The molecule has 0 N–H and O–H groups in total. The molecule has 1 aromatic carbocycles. The van der Waals surface area contributed by atoms with Gasteiger partial charge in [-0.3, -0.25) is 4.79 Å². The summed E-state index contributed by atoms with van der Waals surface area (Å²) >= 11 is 0. The van der Waals surface area contributed by atoms with Crippen LogP contribution in [0.5, 0.6) is 0 Å². The van der Waals surface area contributed by atoms with Crippen molar-refractivity contribution in [3.05, 3.63) is 59.6 Å². The van der Waals surface area contributed by atoms with E-state index >= 15 is 0 Å². The zero-order chi connectivity index (χ0) is 18.2. The molecule has 0 aliphatic carbocycles. The van der Waals surface area contributed by atoms with Gasteiger partial charge in [-0.15, -0.1) is 0 Å². The molecule has 0 atom stereocenters. The summed E-state index contributed by atoms with van der Waals surface area (Å²) in [5, 5.41) is 0.428. The van der Waals surface area contributed by atoms with E-state index in [9.17, 15) is 22.4 Å². The topological polar surface area (TPSA) is 47.8 Å². The predicted octanol–water partition coefficient (Wildman–Crippen LogP) is 4.03. The van der Waals surface area contributed by atoms with Crippen molar-refractivity contribution in [2.75, 3.05) is 0 Å². The molecule has 0 amide bonds. The van der Waals surface area contributed by atoms with Gasteiger partial charge in [0.2, 0.25) is 5.82 Å². The molecule has 8 heteroatoms. The second-order valence-corrected chi connectivity index (χ2v) is 5.46. The van der Waals surface area contributed by atoms with Gasteiger partial charge in [0, 0.05) is 35.4 Å². The smallest absolute Gasteiger partial charge is 0.347 e. The second-order valence-electron chi connectivity index (χ2n) is 5.46. The Balaban J connectivity index is 1.97. The SMILES string of the molecule is CCn1cc(C(=O)Cc2ccnc(C(F)(F)F)n2)c2cc(F)ccc21. The molecular weight excluding hydrogens is 338 g/mol. The lowest BCUT2D eigenvalue weighted by molar-refractivity contribution is -0.145. The van der Waals surface area contributed by atoms with Crippen LogP contribution in [-0.4, -0.2) is 20.3 Å². The lowest BCUT2D eigenvalue weighted by atomic mass is 10.1. The molecule has 4 nitrogen and oxygen atoms in total. The first-order chi connectivity index (χ1) is 11.8. The van der Waals surface area contributed by atoms with Crippen molar-refractivity contribution < 1.29 is 22.4 Å². The average Bonchev–Trinajstić information content (AvgIpc) is 2.92. The summed E-state index contributed by atoms with van der Waals surface area (Å²) < 4.78 is 53.3. The molecule has 0 spiro atoms. The standard InChI is InChI=1S/C17H13F4N3O/c1-2-24-9-13(12-7-10(18)3-4-14(12)24)15(25)8-11-5-6-22-16(23-11)17(19,20)21/h3-7,9H,2,8H2,1H3. The van der Waals surface area contributed by atoms with Gasteiger partial charge in [-0.25, -0.2) is 14.4 Å². The Hall–Kier alpha value is -2.77. The quantitative estimate of drug-likeness (QED) is 0.527. The van der Waals surface area contributed by atoms with Gasteiger partial charge in [-0.2, -0.15) is 13.2 Å². The van der Waals surface area contributed by atoms with Gasteiger partial charge in [0.25, 0.3) is 0 Å².